The van der Waals surface area contributed by atoms with Gasteiger partial charge in [-0.3, -0.25) is 0 Å². The van der Waals surface area contributed by atoms with Gasteiger partial charge in [0.25, 0.3) is 0 Å². The summed E-state index contributed by atoms with van der Waals surface area (Å²) in [4.78, 5) is 4.27. The van der Waals surface area contributed by atoms with Crippen LogP contribution in [0.15, 0.2) is 4.52 Å². The largest absolute Gasteiger partial charge is 0.339 e. The number of nitrogens with one attached hydrogen (secondary N) is 1. The van der Waals surface area contributed by atoms with Gasteiger partial charge in [0.2, 0.25) is 5.89 Å². The van der Waals surface area contributed by atoms with Crippen LogP contribution in [0, 0.1) is 12.8 Å². The fraction of sp³-hybridized carbons (Fsp3) is 0.778. The maximum Gasteiger partial charge on any atom is 0.231 e. The Bertz CT molecular complexity index is 284. The highest BCUT2D eigenvalue weighted by molar-refractivity contribution is 4.98. The van der Waals surface area contributed by atoms with Gasteiger partial charge in [-0.1, -0.05) is 12.1 Å². The van der Waals surface area contributed by atoms with Gasteiger partial charge >= 0.3 is 0 Å². The van der Waals surface area contributed by atoms with Crippen LogP contribution in [0.25, 0.3) is 0 Å². The van der Waals surface area contributed by atoms with Crippen molar-refractivity contribution in [2.45, 2.75) is 26.2 Å². The highest BCUT2D eigenvalue weighted by Gasteiger charge is 2.27. The van der Waals surface area contributed by atoms with Crippen molar-refractivity contribution < 1.29 is 4.52 Å². The fourth-order valence-corrected chi connectivity index (χ4v) is 1.78. The average molecular weight is 181 g/mol. The molecule has 0 aliphatic carbocycles. The first-order chi connectivity index (χ1) is 6.27. The van der Waals surface area contributed by atoms with Gasteiger partial charge in [0.1, 0.15) is 0 Å². The van der Waals surface area contributed by atoms with Gasteiger partial charge in [-0.25, -0.2) is 0 Å². The third-order valence-corrected chi connectivity index (χ3v) is 2.69. The predicted molar refractivity (Wildman–Crippen MR) is 48.4 cm³/mol. The van der Waals surface area contributed by atoms with Crippen LogP contribution in [-0.4, -0.2) is 23.2 Å². The van der Waals surface area contributed by atoms with Crippen molar-refractivity contribution in [1.82, 2.24) is 15.5 Å². The molecule has 1 aliphatic rings. The molecule has 1 fully saturated rings. The molecule has 1 aromatic heterocycles. The average Bonchev–Trinajstić information content (AvgIpc) is 2.53. The van der Waals surface area contributed by atoms with Gasteiger partial charge in [0.05, 0.1) is 5.92 Å². The summed E-state index contributed by atoms with van der Waals surface area (Å²) in [6.45, 7) is 6.16. The summed E-state index contributed by atoms with van der Waals surface area (Å²) < 4.78 is 5.17. The fourth-order valence-electron chi connectivity index (χ4n) is 1.78. The van der Waals surface area contributed by atoms with E-state index in [4.69, 9.17) is 4.52 Å². The van der Waals surface area contributed by atoms with Gasteiger partial charge < -0.3 is 9.84 Å². The molecule has 2 heterocycles. The third-order valence-electron chi connectivity index (χ3n) is 2.69. The number of hydrogen-bond donors (Lipinski definition) is 1. The van der Waals surface area contributed by atoms with Crippen molar-refractivity contribution in [3.63, 3.8) is 0 Å². The molecule has 1 N–H and O–H groups in total. The molecule has 2 atom stereocenters. The Morgan fingerprint density at radius 2 is 2.38 bits per heavy atom. The van der Waals surface area contributed by atoms with Crippen LogP contribution in [-0.2, 0) is 0 Å². The second kappa shape index (κ2) is 3.46. The minimum atomic E-state index is 0.398. The Hall–Kier alpha value is -0.900. The second-order valence-electron chi connectivity index (χ2n) is 3.76. The highest BCUT2D eigenvalue weighted by Crippen LogP contribution is 2.27. The molecular weight excluding hydrogens is 166 g/mol. The number of aromatic nitrogens is 2. The van der Waals surface area contributed by atoms with Gasteiger partial charge in [0, 0.05) is 6.54 Å². The second-order valence-corrected chi connectivity index (χ2v) is 3.76. The summed E-state index contributed by atoms with van der Waals surface area (Å²) in [7, 11) is 0. The Balaban J connectivity index is 2.14. The SMILES string of the molecule is Cc1noc([C@H]2CNCC[C@H]2C)n1. The van der Waals surface area contributed by atoms with Crippen LogP contribution in [0.5, 0.6) is 0 Å². The van der Waals surface area contributed by atoms with Gasteiger partial charge in [0.15, 0.2) is 5.82 Å². The number of rotatable bonds is 1. The Labute approximate surface area is 77.7 Å². The number of hydrogen-bond acceptors (Lipinski definition) is 4. The molecule has 1 saturated heterocycles. The number of nitrogens with zero attached hydrogens (tertiary/aromatic N) is 2. The minimum Gasteiger partial charge on any atom is -0.339 e. The van der Waals surface area contributed by atoms with E-state index in [1.165, 1.54) is 6.42 Å². The third kappa shape index (κ3) is 1.72. The van der Waals surface area contributed by atoms with E-state index in [2.05, 4.69) is 22.4 Å². The van der Waals surface area contributed by atoms with Crippen LogP contribution in [0.2, 0.25) is 0 Å². The summed E-state index contributed by atoms with van der Waals surface area (Å²) in [5.41, 5.74) is 0. The summed E-state index contributed by atoms with van der Waals surface area (Å²) >= 11 is 0. The lowest BCUT2D eigenvalue weighted by atomic mass is 9.88. The quantitative estimate of drug-likeness (QED) is 0.704. The monoisotopic (exact) mass is 181 g/mol. The maximum absolute atomic E-state index is 5.17. The summed E-state index contributed by atoms with van der Waals surface area (Å²) in [5.74, 6) is 2.56. The van der Waals surface area contributed by atoms with Crippen molar-refractivity contribution in [2.24, 2.45) is 5.92 Å². The molecule has 0 aromatic carbocycles. The highest BCUT2D eigenvalue weighted by atomic mass is 16.5. The molecule has 2 rings (SSSR count). The summed E-state index contributed by atoms with van der Waals surface area (Å²) in [6, 6.07) is 0. The van der Waals surface area contributed by atoms with Crippen molar-refractivity contribution in [2.75, 3.05) is 13.1 Å². The minimum absolute atomic E-state index is 0.398. The van der Waals surface area contributed by atoms with Crippen molar-refractivity contribution in [3.05, 3.63) is 11.7 Å². The number of piperidine rings is 1. The van der Waals surface area contributed by atoms with Crippen LogP contribution in [0.4, 0.5) is 0 Å². The van der Waals surface area contributed by atoms with E-state index in [1.54, 1.807) is 0 Å². The molecule has 0 saturated carbocycles. The van der Waals surface area contributed by atoms with Crippen molar-refractivity contribution in [3.8, 4) is 0 Å². The maximum atomic E-state index is 5.17. The molecule has 1 aromatic rings. The lowest BCUT2D eigenvalue weighted by Gasteiger charge is -2.26. The topological polar surface area (TPSA) is 51.0 Å². The molecular formula is C9H15N3O. The molecule has 4 heteroatoms. The van der Waals surface area contributed by atoms with Crippen LogP contribution in [0.1, 0.15) is 31.0 Å². The molecule has 0 unspecified atom stereocenters. The lowest BCUT2D eigenvalue weighted by Crippen LogP contribution is -2.34. The summed E-state index contributed by atoms with van der Waals surface area (Å²) in [6.07, 6.45) is 1.19. The van der Waals surface area contributed by atoms with E-state index in [9.17, 15) is 0 Å². The first-order valence-corrected chi connectivity index (χ1v) is 4.78. The zero-order chi connectivity index (χ0) is 9.26. The Morgan fingerprint density at radius 3 is 3.00 bits per heavy atom. The van der Waals surface area contributed by atoms with Gasteiger partial charge in [-0.2, -0.15) is 4.98 Å². The molecule has 0 radical (unpaired) electrons. The summed E-state index contributed by atoms with van der Waals surface area (Å²) in [5, 5.41) is 7.16. The normalized spacial score (nSPS) is 29.1. The molecule has 0 amide bonds. The van der Waals surface area contributed by atoms with E-state index in [-0.39, 0.29) is 0 Å². The van der Waals surface area contributed by atoms with Gasteiger partial charge in [-0.15, -0.1) is 0 Å². The van der Waals surface area contributed by atoms with Crippen molar-refractivity contribution in [1.29, 1.82) is 0 Å². The Kier molecular flexibility index (Phi) is 2.31. The van der Waals surface area contributed by atoms with E-state index in [0.29, 0.717) is 11.8 Å². The molecule has 4 nitrogen and oxygen atoms in total. The van der Waals surface area contributed by atoms with Crippen molar-refractivity contribution >= 4 is 0 Å². The molecule has 72 valence electrons. The van der Waals surface area contributed by atoms with E-state index < -0.39 is 0 Å². The first-order valence-electron chi connectivity index (χ1n) is 4.78. The molecule has 13 heavy (non-hydrogen) atoms. The molecule has 1 aliphatic heterocycles. The van der Waals surface area contributed by atoms with Gasteiger partial charge in [-0.05, 0) is 25.8 Å². The smallest absolute Gasteiger partial charge is 0.231 e. The van der Waals surface area contributed by atoms with Crippen LogP contribution in [0.3, 0.4) is 0 Å². The molecule has 0 spiro atoms. The lowest BCUT2D eigenvalue weighted by molar-refractivity contribution is 0.270. The van der Waals surface area contributed by atoms with E-state index >= 15 is 0 Å². The number of aryl methyl sites for hydroxylation is 1. The first kappa shape index (κ1) is 8.69. The van der Waals surface area contributed by atoms with E-state index in [0.717, 1.165) is 24.8 Å². The standard InChI is InChI=1S/C9H15N3O/c1-6-3-4-10-5-8(6)9-11-7(2)12-13-9/h6,8,10H,3-5H2,1-2H3/t6-,8+/m1/s1. The van der Waals surface area contributed by atoms with Crippen LogP contribution < -0.4 is 5.32 Å². The van der Waals surface area contributed by atoms with E-state index in [1.807, 2.05) is 6.92 Å². The zero-order valence-electron chi connectivity index (χ0n) is 8.08. The predicted octanol–water partition coefficient (Wildman–Crippen LogP) is 1.09. The molecule has 0 bridgehead atoms. The van der Waals surface area contributed by atoms with Crippen LogP contribution >= 0.6 is 0 Å². The Morgan fingerprint density at radius 1 is 1.54 bits per heavy atom. The zero-order valence-corrected chi connectivity index (χ0v) is 8.08.